The zero-order chi connectivity index (χ0) is 24.1. The van der Waals surface area contributed by atoms with Gasteiger partial charge in [-0.15, -0.1) is 11.3 Å². The number of halogens is 1. The lowest BCUT2D eigenvalue weighted by molar-refractivity contribution is 0.133. The molecule has 2 atom stereocenters. The number of hydrogen-bond acceptors (Lipinski definition) is 5. The zero-order valence-electron chi connectivity index (χ0n) is 19.9. The highest BCUT2D eigenvalue weighted by Gasteiger charge is 2.37. The summed E-state index contributed by atoms with van der Waals surface area (Å²) in [6, 6.07) is 10.6. The van der Waals surface area contributed by atoms with Crippen molar-refractivity contribution in [1.82, 2.24) is 24.3 Å². The monoisotopic (exact) mass is 511 g/mol. The van der Waals surface area contributed by atoms with Crippen LogP contribution >= 0.6 is 22.9 Å². The van der Waals surface area contributed by atoms with Crippen LogP contribution in [0.25, 0.3) is 20.7 Å². The van der Waals surface area contributed by atoms with Crippen LogP contribution < -0.4 is 5.56 Å². The Hall–Kier alpha value is -2.42. The van der Waals surface area contributed by atoms with Crippen LogP contribution in [0.4, 0.5) is 4.79 Å². The Balaban J connectivity index is 1.15. The summed E-state index contributed by atoms with van der Waals surface area (Å²) >= 11 is 7.48. The summed E-state index contributed by atoms with van der Waals surface area (Å²) in [6.07, 6.45) is 7.40. The van der Waals surface area contributed by atoms with Gasteiger partial charge in [-0.3, -0.25) is 14.3 Å². The van der Waals surface area contributed by atoms with Crippen LogP contribution in [0.2, 0.25) is 5.02 Å². The second kappa shape index (κ2) is 9.22. The van der Waals surface area contributed by atoms with Crippen molar-refractivity contribution in [2.24, 2.45) is 0 Å². The number of fused-ring (bicyclic) bond motifs is 1. The van der Waals surface area contributed by atoms with Crippen LogP contribution in [0.3, 0.4) is 0 Å². The lowest BCUT2D eigenvalue weighted by atomic mass is 9.92. The first-order valence-electron chi connectivity index (χ1n) is 12.5. The highest BCUT2D eigenvalue weighted by molar-refractivity contribution is 7.22. The third-order valence-corrected chi connectivity index (χ3v) is 9.47. The minimum absolute atomic E-state index is 0.0280. The quantitative estimate of drug-likeness (QED) is 0.509. The van der Waals surface area contributed by atoms with E-state index in [1.165, 1.54) is 30.6 Å². The van der Waals surface area contributed by atoms with Crippen molar-refractivity contribution in [2.75, 3.05) is 33.2 Å². The van der Waals surface area contributed by atoms with Gasteiger partial charge in [0.1, 0.15) is 4.70 Å². The van der Waals surface area contributed by atoms with Crippen LogP contribution in [-0.2, 0) is 0 Å². The van der Waals surface area contributed by atoms with E-state index in [-0.39, 0.29) is 23.7 Å². The van der Waals surface area contributed by atoms with Gasteiger partial charge in [-0.05, 0) is 49.4 Å². The number of likely N-dealkylation sites (N-methyl/N-ethyl adjacent to an activating group) is 1. The van der Waals surface area contributed by atoms with E-state index in [9.17, 15) is 9.59 Å². The number of carbonyl (C=O) groups excluding carboxylic acids is 1. The molecule has 0 radical (unpaired) electrons. The Morgan fingerprint density at radius 3 is 2.63 bits per heavy atom. The van der Waals surface area contributed by atoms with Gasteiger partial charge in [-0.1, -0.05) is 30.2 Å². The maximum atomic E-state index is 13.4. The van der Waals surface area contributed by atoms with E-state index in [1.54, 1.807) is 10.9 Å². The van der Waals surface area contributed by atoms with Gasteiger partial charge in [0.2, 0.25) is 0 Å². The molecule has 2 saturated heterocycles. The summed E-state index contributed by atoms with van der Waals surface area (Å²) in [5.41, 5.74) is 1.70. The molecule has 0 spiro atoms. The van der Waals surface area contributed by atoms with Gasteiger partial charge in [0, 0.05) is 55.2 Å². The molecule has 9 heteroatoms. The molecule has 1 aliphatic carbocycles. The summed E-state index contributed by atoms with van der Waals surface area (Å²) in [4.78, 5) is 38.6. The summed E-state index contributed by atoms with van der Waals surface area (Å²) in [5, 5.41) is 0.685. The molecule has 2 amide bonds. The number of amides is 2. The smallest absolute Gasteiger partial charge is 0.320 e. The number of nitrogens with zero attached hydrogens (tertiary/aromatic N) is 5. The van der Waals surface area contributed by atoms with Crippen molar-refractivity contribution in [1.29, 1.82) is 0 Å². The van der Waals surface area contributed by atoms with E-state index in [1.807, 2.05) is 47.2 Å². The SMILES string of the molecule is CN(C(=O)N1CC[C@H](n2cnc3cc(-c4ccc(Cl)cc4)sc3c2=O)C1)[C@H]1CCN(C2CCC2)C1. The van der Waals surface area contributed by atoms with E-state index in [0.29, 0.717) is 28.3 Å². The van der Waals surface area contributed by atoms with E-state index in [0.717, 1.165) is 42.4 Å². The van der Waals surface area contributed by atoms with Crippen molar-refractivity contribution >= 4 is 39.2 Å². The lowest BCUT2D eigenvalue weighted by Crippen LogP contribution is -2.47. The van der Waals surface area contributed by atoms with Crippen LogP contribution in [0.15, 0.2) is 41.5 Å². The fraction of sp³-hybridized carbons (Fsp3) is 0.500. The molecule has 0 unspecified atom stereocenters. The molecule has 3 aromatic rings. The Bertz CT molecular complexity index is 1300. The average Bonchev–Trinajstić information content (AvgIpc) is 3.58. The Labute approximate surface area is 213 Å². The van der Waals surface area contributed by atoms with Gasteiger partial charge in [-0.2, -0.15) is 0 Å². The molecule has 1 saturated carbocycles. The Morgan fingerprint density at radius 1 is 1.09 bits per heavy atom. The van der Waals surface area contributed by atoms with Crippen LogP contribution in [0.5, 0.6) is 0 Å². The van der Waals surface area contributed by atoms with E-state index in [2.05, 4.69) is 9.88 Å². The Kier molecular flexibility index (Phi) is 6.06. The highest BCUT2D eigenvalue weighted by atomic mass is 35.5. The van der Waals surface area contributed by atoms with E-state index >= 15 is 0 Å². The van der Waals surface area contributed by atoms with Gasteiger partial charge in [-0.25, -0.2) is 9.78 Å². The third kappa shape index (κ3) is 4.26. The van der Waals surface area contributed by atoms with Crippen molar-refractivity contribution in [3.8, 4) is 10.4 Å². The zero-order valence-corrected chi connectivity index (χ0v) is 21.5. The van der Waals surface area contributed by atoms with Gasteiger partial charge < -0.3 is 9.80 Å². The highest BCUT2D eigenvalue weighted by Crippen LogP contribution is 2.33. The van der Waals surface area contributed by atoms with E-state index in [4.69, 9.17) is 11.6 Å². The summed E-state index contributed by atoms with van der Waals surface area (Å²) in [6.45, 7) is 3.29. The molecular weight excluding hydrogens is 482 g/mol. The van der Waals surface area contributed by atoms with Crippen molar-refractivity contribution in [2.45, 2.75) is 50.2 Å². The summed E-state index contributed by atoms with van der Waals surface area (Å²) in [7, 11) is 1.94. The number of aromatic nitrogens is 2. The van der Waals surface area contributed by atoms with Crippen molar-refractivity contribution in [3.63, 3.8) is 0 Å². The first-order chi connectivity index (χ1) is 17.0. The molecule has 35 heavy (non-hydrogen) atoms. The molecule has 3 fully saturated rings. The fourth-order valence-electron chi connectivity index (χ4n) is 5.63. The minimum Gasteiger partial charge on any atom is -0.323 e. The number of likely N-dealkylation sites (tertiary alicyclic amines) is 2. The number of carbonyl (C=O) groups is 1. The second-order valence-corrected chi connectivity index (χ2v) is 11.6. The average molecular weight is 512 g/mol. The van der Waals surface area contributed by atoms with Crippen LogP contribution in [0.1, 0.15) is 38.1 Å². The van der Waals surface area contributed by atoms with Gasteiger partial charge in [0.15, 0.2) is 0 Å². The molecule has 4 heterocycles. The predicted octanol–water partition coefficient (Wildman–Crippen LogP) is 4.70. The number of urea groups is 1. The third-order valence-electron chi connectivity index (χ3n) is 8.05. The van der Waals surface area contributed by atoms with Crippen molar-refractivity contribution < 1.29 is 4.79 Å². The standard InChI is InChI=1S/C26H30ClN5O2S/c1-29(20-9-11-30(14-20)19-3-2-4-19)26(34)31-12-10-21(15-31)32-16-28-22-13-23(35-24(22)25(32)33)17-5-7-18(27)8-6-17/h5-8,13,16,19-21H,2-4,9-12,14-15H2,1H3/t20-,21-/m0/s1. The molecule has 0 N–H and O–H groups in total. The molecule has 3 aliphatic rings. The number of rotatable bonds is 4. The van der Waals surface area contributed by atoms with Crippen molar-refractivity contribution in [3.05, 3.63) is 52.0 Å². The maximum absolute atomic E-state index is 13.4. The molecule has 1 aromatic carbocycles. The van der Waals surface area contributed by atoms with E-state index < -0.39 is 0 Å². The fourth-order valence-corrected chi connectivity index (χ4v) is 6.81. The van der Waals surface area contributed by atoms with Gasteiger partial charge in [0.05, 0.1) is 17.9 Å². The molecule has 7 nitrogen and oxygen atoms in total. The molecule has 184 valence electrons. The first-order valence-corrected chi connectivity index (χ1v) is 13.7. The molecule has 2 aliphatic heterocycles. The first kappa shape index (κ1) is 23.0. The Morgan fingerprint density at radius 2 is 1.89 bits per heavy atom. The molecule has 0 bridgehead atoms. The second-order valence-electron chi connectivity index (χ2n) is 10.1. The van der Waals surface area contributed by atoms with Gasteiger partial charge >= 0.3 is 6.03 Å². The largest absolute Gasteiger partial charge is 0.323 e. The van der Waals surface area contributed by atoms with Crippen LogP contribution in [-0.4, -0.2) is 75.6 Å². The topological polar surface area (TPSA) is 61.7 Å². The molecule has 2 aromatic heterocycles. The summed E-state index contributed by atoms with van der Waals surface area (Å²) < 4.78 is 2.38. The van der Waals surface area contributed by atoms with Crippen LogP contribution in [0, 0.1) is 0 Å². The molecule has 6 rings (SSSR count). The lowest BCUT2D eigenvalue weighted by Gasteiger charge is -2.35. The predicted molar refractivity (Wildman–Crippen MR) is 140 cm³/mol. The van der Waals surface area contributed by atoms with Gasteiger partial charge in [0.25, 0.3) is 5.56 Å². The number of hydrogen-bond donors (Lipinski definition) is 0. The maximum Gasteiger partial charge on any atom is 0.320 e. The number of thiophene rings is 1. The summed E-state index contributed by atoms with van der Waals surface area (Å²) in [5.74, 6) is 0. The number of benzene rings is 1. The normalized spacial score (nSPS) is 23.2. The minimum atomic E-state index is -0.0483. The molecular formula is C26H30ClN5O2S.